The van der Waals surface area contributed by atoms with Gasteiger partial charge in [0.1, 0.15) is 5.76 Å². The molecule has 3 nitrogen and oxygen atoms in total. The molecule has 1 atom stereocenters. The lowest BCUT2D eigenvalue weighted by atomic mass is 9.99. The number of aryl methyl sites for hydroxylation is 1. The van der Waals surface area contributed by atoms with Gasteiger partial charge in [-0.15, -0.1) is 0 Å². The minimum absolute atomic E-state index is 0.293. The van der Waals surface area contributed by atoms with Crippen LogP contribution in [0, 0.1) is 0 Å². The maximum atomic E-state index is 9.59. The largest absolute Gasteiger partial charge is 0.445 e. The fourth-order valence-corrected chi connectivity index (χ4v) is 2.49. The maximum Gasteiger partial charge on any atom is 0.199 e. The number of oxazole rings is 1. The van der Waals surface area contributed by atoms with E-state index in [2.05, 4.69) is 4.98 Å². The van der Waals surface area contributed by atoms with Gasteiger partial charge in [-0.3, -0.25) is 0 Å². The van der Waals surface area contributed by atoms with Crippen LogP contribution in [0.5, 0.6) is 0 Å². The molecule has 1 heterocycles. The molecule has 1 aromatic heterocycles. The van der Waals surface area contributed by atoms with E-state index in [-0.39, 0.29) is 6.10 Å². The number of aliphatic hydroxyl groups excluding tert-OH is 1. The average molecular weight is 264 g/mol. The molecule has 94 valence electrons. The van der Waals surface area contributed by atoms with E-state index in [1.807, 2.05) is 24.3 Å². The minimum Gasteiger partial charge on any atom is -0.445 e. The molecule has 1 N–H and O–H groups in total. The first-order chi connectivity index (χ1) is 8.72. The number of fused-ring (bicyclic) bond motifs is 1. The summed E-state index contributed by atoms with van der Waals surface area (Å²) in [4.78, 5) is 4.49. The molecule has 1 aliphatic rings. The van der Waals surface area contributed by atoms with Crippen molar-refractivity contribution in [3.63, 3.8) is 0 Å². The zero-order chi connectivity index (χ0) is 12.5. The highest BCUT2D eigenvalue weighted by atomic mass is 35.5. The van der Waals surface area contributed by atoms with E-state index in [0.29, 0.717) is 18.7 Å². The lowest BCUT2D eigenvalue weighted by Crippen LogP contribution is -2.17. The monoisotopic (exact) mass is 263 g/mol. The van der Waals surface area contributed by atoms with Crippen LogP contribution in [-0.4, -0.2) is 16.2 Å². The molecule has 4 heteroatoms. The lowest BCUT2D eigenvalue weighted by molar-refractivity contribution is 0.149. The Morgan fingerprint density at radius 1 is 1.39 bits per heavy atom. The summed E-state index contributed by atoms with van der Waals surface area (Å²) in [6.07, 6.45) is 2.44. The van der Waals surface area contributed by atoms with E-state index < -0.39 is 0 Å². The van der Waals surface area contributed by atoms with Crippen molar-refractivity contribution in [1.29, 1.82) is 0 Å². The van der Waals surface area contributed by atoms with Crippen LogP contribution in [0.15, 0.2) is 28.7 Å². The van der Waals surface area contributed by atoms with Crippen molar-refractivity contribution in [2.24, 2.45) is 0 Å². The van der Waals surface area contributed by atoms with Crippen LogP contribution in [0.2, 0.25) is 5.02 Å². The molecular formula is C14H14ClNO2. The zero-order valence-electron chi connectivity index (χ0n) is 9.90. The summed E-state index contributed by atoms with van der Waals surface area (Å²) in [5, 5.41) is 10.3. The standard InChI is InChI=1S/C14H14ClNO2/c15-11-4-2-1-3-9(11)7-14-16-12-6-5-10(17)8-13(12)18-14/h1-4,10,17H,5-8H2. The van der Waals surface area contributed by atoms with Crippen molar-refractivity contribution >= 4 is 11.6 Å². The number of nitrogens with zero attached hydrogens (tertiary/aromatic N) is 1. The second-order valence-corrected chi connectivity index (χ2v) is 5.05. The number of aromatic nitrogens is 1. The van der Waals surface area contributed by atoms with Crippen LogP contribution in [0.4, 0.5) is 0 Å². The summed E-state index contributed by atoms with van der Waals surface area (Å²) >= 11 is 6.11. The van der Waals surface area contributed by atoms with Gasteiger partial charge in [-0.05, 0) is 24.5 Å². The maximum absolute atomic E-state index is 9.59. The fraction of sp³-hybridized carbons (Fsp3) is 0.357. The number of halogens is 1. The third-order valence-electron chi connectivity index (χ3n) is 3.26. The van der Waals surface area contributed by atoms with E-state index in [0.717, 1.165) is 34.9 Å². The van der Waals surface area contributed by atoms with E-state index in [1.54, 1.807) is 0 Å². The van der Waals surface area contributed by atoms with Crippen LogP contribution in [0.1, 0.15) is 29.3 Å². The zero-order valence-corrected chi connectivity index (χ0v) is 10.7. The van der Waals surface area contributed by atoms with Crippen LogP contribution in [0.25, 0.3) is 0 Å². The van der Waals surface area contributed by atoms with Gasteiger partial charge in [0.15, 0.2) is 5.89 Å². The molecule has 1 unspecified atom stereocenters. The number of benzene rings is 1. The summed E-state index contributed by atoms with van der Waals surface area (Å²) in [6, 6.07) is 7.69. The Hall–Kier alpha value is -1.32. The minimum atomic E-state index is -0.293. The van der Waals surface area contributed by atoms with Crippen LogP contribution >= 0.6 is 11.6 Å². The first-order valence-electron chi connectivity index (χ1n) is 6.11. The second kappa shape index (κ2) is 4.75. The van der Waals surface area contributed by atoms with Gasteiger partial charge in [0.25, 0.3) is 0 Å². The van der Waals surface area contributed by atoms with E-state index >= 15 is 0 Å². The predicted octanol–water partition coefficient (Wildman–Crippen LogP) is 2.77. The van der Waals surface area contributed by atoms with Gasteiger partial charge in [0.2, 0.25) is 0 Å². The van der Waals surface area contributed by atoms with Gasteiger partial charge < -0.3 is 9.52 Å². The molecule has 0 radical (unpaired) electrons. The van der Waals surface area contributed by atoms with Gasteiger partial charge in [-0.2, -0.15) is 0 Å². The second-order valence-electron chi connectivity index (χ2n) is 4.64. The fourth-order valence-electron chi connectivity index (χ4n) is 2.29. The molecule has 0 fully saturated rings. The lowest BCUT2D eigenvalue weighted by Gasteiger charge is -2.13. The quantitative estimate of drug-likeness (QED) is 0.906. The Morgan fingerprint density at radius 2 is 2.22 bits per heavy atom. The Balaban J connectivity index is 1.84. The molecular weight excluding hydrogens is 250 g/mol. The third kappa shape index (κ3) is 2.28. The van der Waals surface area contributed by atoms with E-state index in [4.69, 9.17) is 16.0 Å². The van der Waals surface area contributed by atoms with Crippen LogP contribution < -0.4 is 0 Å². The van der Waals surface area contributed by atoms with Gasteiger partial charge >= 0.3 is 0 Å². The van der Waals surface area contributed by atoms with E-state index in [1.165, 1.54) is 0 Å². The smallest absolute Gasteiger partial charge is 0.199 e. The molecule has 0 aliphatic heterocycles. The Kier molecular flexibility index (Phi) is 3.10. The van der Waals surface area contributed by atoms with Gasteiger partial charge in [-0.1, -0.05) is 29.8 Å². The van der Waals surface area contributed by atoms with Crippen molar-refractivity contribution < 1.29 is 9.52 Å². The highest BCUT2D eigenvalue weighted by molar-refractivity contribution is 6.31. The molecule has 0 saturated heterocycles. The summed E-state index contributed by atoms with van der Waals surface area (Å²) in [7, 11) is 0. The summed E-state index contributed by atoms with van der Waals surface area (Å²) in [6.45, 7) is 0. The molecule has 0 bridgehead atoms. The molecule has 3 rings (SSSR count). The van der Waals surface area contributed by atoms with Crippen molar-refractivity contribution in [3.05, 3.63) is 52.2 Å². The summed E-state index contributed by atoms with van der Waals surface area (Å²) in [5.41, 5.74) is 2.00. The van der Waals surface area contributed by atoms with Crippen molar-refractivity contribution in [2.45, 2.75) is 31.8 Å². The SMILES string of the molecule is OC1CCc2nc(Cc3ccccc3Cl)oc2C1. The van der Waals surface area contributed by atoms with Crippen molar-refractivity contribution in [3.8, 4) is 0 Å². The topological polar surface area (TPSA) is 46.3 Å². The molecule has 1 aliphatic carbocycles. The molecule has 0 amide bonds. The first kappa shape index (κ1) is 11.8. The first-order valence-corrected chi connectivity index (χ1v) is 6.49. The highest BCUT2D eigenvalue weighted by Gasteiger charge is 2.22. The average Bonchev–Trinajstić information content (AvgIpc) is 2.73. The van der Waals surface area contributed by atoms with Crippen LogP contribution in [0.3, 0.4) is 0 Å². The number of rotatable bonds is 2. The van der Waals surface area contributed by atoms with E-state index in [9.17, 15) is 5.11 Å². The number of hydrogen-bond donors (Lipinski definition) is 1. The summed E-state index contributed by atoms with van der Waals surface area (Å²) < 4.78 is 5.71. The van der Waals surface area contributed by atoms with Gasteiger partial charge in [0.05, 0.1) is 18.2 Å². The molecule has 0 spiro atoms. The van der Waals surface area contributed by atoms with Gasteiger partial charge in [-0.25, -0.2) is 4.98 Å². The predicted molar refractivity (Wildman–Crippen MR) is 68.8 cm³/mol. The Labute approximate surface area is 110 Å². The van der Waals surface area contributed by atoms with Crippen LogP contribution in [-0.2, 0) is 19.3 Å². The Morgan fingerprint density at radius 3 is 3.06 bits per heavy atom. The number of hydrogen-bond acceptors (Lipinski definition) is 3. The van der Waals surface area contributed by atoms with Crippen molar-refractivity contribution in [1.82, 2.24) is 4.98 Å². The number of aliphatic hydroxyl groups is 1. The molecule has 18 heavy (non-hydrogen) atoms. The third-order valence-corrected chi connectivity index (χ3v) is 3.63. The molecule has 2 aromatic rings. The normalized spacial score (nSPS) is 18.7. The summed E-state index contributed by atoms with van der Waals surface area (Å²) in [5.74, 6) is 1.51. The Bertz CT molecular complexity index is 565. The molecule has 0 saturated carbocycles. The molecule has 1 aromatic carbocycles. The van der Waals surface area contributed by atoms with Crippen molar-refractivity contribution in [2.75, 3.05) is 0 Å². The van der Waals surface area contributed by atoms with Gasteiger partial charge in [0, 0.05) is 11.4 Å². The highest BCUT2D eigenvalue weighted by Crippen LogP contribution is 2.25.